The number of rotatable bonds is 5. The maximum absolute atomic E-state index is 14.0. The Morgan fingerprint density at radius 1 is 0.878 bits per heavy atom. The van der Waals surface area contributed by atoms with E-state index in [1.165, 1.54) is 17.0 Å². The zero-order valence-corrected chi connectivity index (χ0v) is 21.3. The molecule has 0 saturated carbocycles. The Hall–Kier alpha value is -3.88. The molecule has 2 aliphatic heterocycles. The summed E-state index contributed by atoms with van der Waals surface area (Å²) < 4.78 is 144. The van der Waals surface area contributed by atoms with Crippen molar-refractivity contribution in [3.05, 3.63) is 82.2 Å². The van der Waals surface area contributed by atoms with Gasteiger partial charge in [0.05, 0.1) is 12.2 Å². The van der Waals surface area contributed by atoms with Crippen LogP contribution in [0.25, 0.3) is 0 Å². The van der Waals surface area contributed by atoms with Gasteiger partial charge in [0, 0.05) is 36.2 Å². The maximum Gasteiger partial charge on any atom is 0.416 e. The topological polar surface area (TPSA) is 72.9 Å². The minimum absolute atomic E-state index is 0.0337. The second kappa shape index (κ2) is 10.2. The van der Waals surface area contributed by atoms with E-state index in [0.717, 1.165) is 24.3 Å². The van der Waals surface area contributed by atoms with E-state index >= 15 is 0 Å². The van der Waals surface area contributed by atoms with Crippen molar-refractivity contribution in [1.29, 1.82) is 0 Å². The van der Waals surface area contributed by atoms with Gasteiger partial charge in [-0.25, -0.2) is 13.2 Å². The van der Waals surface area contributed by atoms with Gasteiger partial charge in [-0.2, -0.15) is 30.4 Å². The predicted molar refractivity (Wildman–Crippen MR) is 125 cm³/mol. The molecule has 6 nitrogen and oxygen atoms in total. The Kier molecular flexibility index (Phi) is 7.12. The number of carbonyl (C=O) groups is 1. The molecule has 0 bridgehead atoms. The second-order valence-electron chi connectivity index (χ2n) is 9.25. The number of nitrogens with zero attached hydrogens (tertiary/aromatic N) is 1. The van der Waals surface area contributed by atoms with Crippen molar-refractivity contribution in [3.63, 3.8) is 0 Å². The summed E-state index contributed by atoms with van der Waals surface area (Å²) >= 11 is 0. The van der Waals surface area contributed by atoms with Crippen LogP contribution in [0.1, 0.15) is 41.9 Å². The summed E-state index contributed by atoms with van der Waals surface area (Å²) in [7, 11) is -5.16. The summed E-state index contributed by atoms with van der Waals surface area (Å²) in [6.07, 6.45) is -3.84. The summed E-state index contributed by atoms with van der Waals surface area (Å²) in [6.45, 7) is 0.170. The molecule has 1 unspecified atom stereocenters. The molecule has 41 heavy (non-hydrogen) atoms. The third kappa shape index (κ3) is 5.06. The molecular weight excluding hydrogens is 590 g/mol. The fourth-order valence-electron chi connectivity index (χ4n) is 4.82. The normalized spacial score (nSPS) is 17.4. The van der Waals surface area contributed by atoms with Crippen molar-refractivity contribution in [3.8, 4) is 11.5 Å². The molecule has 0 N–H and O–H groups in total. The molecule has 1 fully saturated rings. The Balaban J connectivity index is 1.54. The van der Waals surface area contributed by atoms with Crippen LogP contribution in [0.15, 0.2) is 41.3 Å². The van der Waals surface area contributed by atoms with E-state index in [0.29, 0.717) is 17.5 Å². The minimum Gasteiger partial charge on any atom is -0.493 e. The number of fused-ring (bicyclic) bond motifs is 1. The number of hydrogen-bond donors (Lipinski definition) is 0. The van der Waals surface area contributed by atoms with Crippen LogP contribution in [0, 0.1) is 29.1 Å². The molecular formula is C26H17F8NO5S. The summed E-state index contributed by atoms with van der Waals surface area (Å²) in [5.74, 6) is -15.4. The van der Waals surface area contributed by atoms with Crippen molar-refractivity contribution >= 4 is 21.7 Å². The standard InChI is InChI=1S/C26H17F8NO5S/c27-20-21(28)23(30)25(24(31)22(20)29)40-41(37,38)13-4-6-16-14(7-9-39-18(16)11-13)15-5-3-12(26(32,33)34)10-17(15)35-8-1-2-19(35)36/h3-6,10-11,14H,1-2,7-9H2. The molecule has 0 radical (unpaired) electrons. The quantitative estimate of drug-likeness (QED) is 0.149. The summed E-state index contributed by atoms with van der Waals surface area (Å²) in [5.41, 5.74) is -0.244. The van der Waals surface area contributed by atoms with Gasteiger partial charge in [0.25, 0.3) is 0 Å². The molecule has 1 atom stereocenters. The average Bonchev–Trinajstić information content (AvgIpc) is 3.37. The van der Waals surface area contributed by atoms with Crippen LogP contribution in [0.2, 0.25) is 0 Å². The monoisotopic (exact) mass is 607 g/mol. The molecule has 2 aliphatic rings. The number of benzene rings is 3. The van der Waals surface area contributed by atoms with Gasteiger partial charge in [-0.3, -0.25) is 4.79 Å². The average molecular weight is 607 g/mol. The Morgan fingerprint density at radius 2 is 1.51 bits per heavy atom. The van der Waals surface area contributed by atoms with Crippen molar-refractivity contribution in [2.45, 2.75) is 36.3 Å². The van der Waals surface area contributed by atoms with Crippen molar-refractivity contribution in [2.75, 3.05) is 18.1 Å². The van der Waals surface area contributed by atoms with Crippen LogP contribution in [0.5, 0.6) is 11.5 Å². The number of ether oxygens (including phenoxy) is 1. The zero-order valence-electron chi connectivity index (χ0n) is 20.5. The zero-order chi connectivity index (χ0) is 29.9. The van der Waals surface area contributed by atoms with E-state index in [1.807, 2.05) is 0 Å². The van der Waals surface area contributed by atoms with Crippen LogP contribution in [0.4, 0.5) is 40.8 Å². The van der Waals surface area contributed by atoms with Crippen LogP contribution < -0.4 is 13.8 Å². The highest BCUT2D eigenvalue weighted by molar-refractivity contribution is 7.87. The molecule has 15 heteroatoms. The SMILES string of the molecule is O=C1CCCN1c1cc(C(F)(F)F)ccc1C1CCOc2cc(S(=O)(=O)Oc3c(F)c(F)c(F)c(F)c3F)ccc21. The first-order valence-corrected chi connectivity index (χ1v) is 13.4. The summed E-state index contributed by atoms with van der Waals surface area (Å²) in [5, 5.41) is 0. The van der Waals surface area contributed by atoms with E-state index in [9.17, 15) is 48.3 Å². The molecule has 5 rings (SSSR count). The smallest absolute Gasteiger partial charge is 0.416 e. The molecule has 2 heterocycles. The van der Waals surface area contributed by atoms with Gasteiger partial charge >= 0.3 is 16.3 Å². The molecule has 1 saturated heterocycles. The Labute approximate surface area is 227 Å². The molecule has 1 amide bonds. The van der Waals surface area contributed by atoms with Gasteiger partial charge < -0.3 is 13.8 Å². The van der Waals surface area contributed by atoms with Gasteiger partial charge in [0.2, 0.25) is 40.7 Å². The molecule has 0 spiro atoms. The minimum atomic E-state index is -5.16. The van der Waals surface area contributed by atoms with Gasteiger partial charge in [-0.05, 0) is 36.6 Å². The lowest BCUT2D eigenvalue weighted by atomic mass is 9.85. The second-order valence-corrected chi connectivity index (χ2v) is 10.8. The molecule has 0 aliphatic carbocycles. The first-order valence-electron chi connectivity index (χ1n) is 11.9. The highest BCUT2D eigenvalue weighted by Gasteiger charge is 2.36. The van der Waals surface area contributed by atoms with Gasteiger partial charge in [-0.1, -0.05) is 12.1 Å². The van der Waals surface area contributed by atoms with Crippen molar-refractivity contribution in [1.82, 2.24) is 0 Å². The Bertz CT molecular complexity index is 1650. The molecule has 3 aromatic carbocycles. The first kappa shape index (κ1) is 28.6. The first-order chi connectivity index (χ1) is 19.2. The summed E-state index contributed by atoms with van der Waals surface area (Å²) in [4.78, 5) is 12.9. The van der Waals surface area contributed by atoms with E-state index in [1.54, 1.807) is 0 Å². The number of amides is 1. The number of alkyl halides is 3. The van der Waals surface area contributed by atoms with Crippen molar-refractivity contribution in [2.24, 2.45) is 0 Å². The largest absolute Gasteiger partial charge is 0.493 e. The fourth-order valence-corrected chi connectivity index (χ4v) is 5.76. The lowest BCUT2D eigenvalue weighted by Crippen LogP contribution is -2.27. The number of anilines is 1. The highest BCUT2D eigenvalue weighted by Crippen LogP contribution is 2.45. The van der Waals surface area contributed by atoms with E-state index in [2.05, 4.69) is 4.18 Å². The third-order valence-corrected chi connectivity index (χ3v) is 7.99. The number of carbonyl (C=O) groups excluding carboxylic acids is 1. The molecule has 218 valence electrons. The van der Waals surface area contributed by atoms with Crippen LogP contribution in [0.3, 0.4) is 0 Å². The maximum atomic E-state index is 14.0. The van der Waals surface area contributed by atoms with Gasteiger partial charge in [-0.15, -0.1) is 0 Å². The summed E-state index contributed by atoms with van der Waals surface area (Å²) in [6, 6.07) is 6.03. The highest BCUT2D eigenvalue weighted by atomic mass is 32.2. The van der Waals surface area contributed by atoms with Crippen molar-refractivity contribution < 1.29 is 57.3 Å². The lowest BCUT2D eigenvalue weighted by Gasteiger charge is -2.30. The van der Waals surface area contributed by atoms with E-state index < -0.39 is 67.5 Å². The predicted octanol–water partition coefficient (Wildman–Crippen LogP) is 6.21. The number of halogens is 8. The van der Waals surface area contributed by atoms with Gasteiger partial charge in [0.15, 0.2) is 0 Å². The van der Waals surface area contributed by atoms with Gasteiger partial charge in [0.1, 0.15) is 10.6 Å². The Morgan fingerprint density at radius 3 is 2.12 bits per heavy atom. The van der Waals surface area contributed by atoms with E-state index in [-0.39, 0.29) is 43.3 Å². The molecule has 0 aromatic heterocycles. The van der Waals surface area contributed by atoms with E-state index in [4.69, 9.17) is 4.74 Å². The van der Waals surface area contributed by atoms with Crippen LogP contribution in [-0.4, -0.2) is 27.5 Å². The number of hydrogen-bond acceptors (Lipinski definition) is 5. The third-order valence-electron chi connectivity index (χ3n) is 6.77. The fraction of sp³-hybridized carbons (Fsp3) is 0.269. The van der Waals surface area contributed by atoms with Crippen LogP contribution >= 0.6 is 0 Å². The lowest BCUT2D eigenvalue weighted by molar-refractivity contribution is -0.137. The van der Waals surface area contributed by atoms with Crippen LogP contribution in [-0.2, 0) is 21.1 Å². The molecule has 3 aromatic rings.